The molecule has 2 rings (SSSR count). The zero-order chi connectivity index (χ0) is 9.69. The Hall–Kier alpha value is -0.530. The van der Waals surface area contributed by atoms with Crippen molar-refractivity contribution in [3.63, 3.8) is 0 Å². The maximum absolute atomic E-state index is 4.23. The highest BCUT2D eigenvalue weighted by Gasteiger charge is 2.54. The van der Waals surface area contributed by atoms with Crippen molar-refractivity contribution in [1.29, 1.82) is 0 Å². The SMILES string of the molecule is CCC1(C)CC(C)(C)C2NN=CC21. The van der Waals surface area contributed by atoms with Crippen LogP contribution in [-0.2, 0) is 0 Å². The minimum atomic E-state index is 0.395. The Bertz CT molecular complexity index is 244. The Morgan fingerprint density at radius 1 is 1.46 bits per heavy atom. The van der Waals surface area contributed by atoms with Gasteiger partial charge in [-0.25, -0.2) is 0 Å². The van der Waals surface area contributed by atoms with Gasteiger partial charge in [0.05, 0.1) is 6.04 Å². The van der Waals surface area contributed by atoms with Gasteiger partial charge < -0.3 is 5.43 Å². The van der Waals surface area contributed by atoms with Crippen molar-refractivity contribution < 1.29 is 0 Å². The highest BCUT2D eigenvalue weighted by Crippen LogP contribution is 2.54. The molecule has 1 aliphatic carbocycles. The summed E-state index contributed by atoms with van der Waals surface area (Å²) >= 11 is 0. The third-order valence-corrected chi connectivity index (χ3v) is 4.12. The average Bonchev–Trinajstić information content (AvgIpc) is 2.56. The molecule has 1 heterocycles. The van der Waals surface area contributed by atoms with Gasteiger partial charge in [-0.1, -0.05) is 34.1 Å². The van der Waals surface area contributed by atoms with Gasteiger partial charge in [0.25, 0.3) is 0 Å². The lowest BCUT2D eigenvalue weighted by atomic mass is 9.77. The van der Waals surface area contributed by atoms with Crippen molar-refractivity contribution in [2.45, 2.75) is 46.6 Å². The van der Waals surface area contributed by atoms with Crippen LogP contribution in [0.25, 0.3) is 0 Å². The summed E-state index contributed by atoms with van der Waals surface area (Å²) in [5.74, 6) is 0.646. The molecule has 13 heavy (non-hydrogen) atoms. The Kier molecular flexibility index (Phi) is 1.73. The van der Waals surface area contributed by atoms with Gasteiger partial charge in [0, 0.05) is 12.1 Å². The van der Waals surface area contributed by atoms with Crippen molar-refractivity contribution >= 4 is 6.21 Å². The van der Waals surface area contributed by atoms with Crippen LogP contribution in [0.3, 0.4) is 0 Å². The van der Waals surface area contributed by atoms with Gasteiger partial charge in [-0.3, -0.25) is 0 Å². The lowest BCUT2D eigenvalue weighted by Crippen LogP contribution is -2.36. The Labute approximate surface area is 80.8 Å². The molecule has 3 atom stereocenters. The first-order valence-corrected chi connectivity index (χ1v) is 5.28. The minimum Gasteiger partial charge on any atom is -0.306 e. The summed E-state index contributed by atoms with van der Waals surface area (Å²) in [5, 5.41) is 4.23. The molecule has 0 aromatic heterocycles. The molecule has 0 aromatic carbocycles. The van der Waals surface area contributed by atoms with Gasteiger partial charge in [-0.05, 0) is 17.3 Å². The standard InChI is InChI=1S/C11H20N2/c1-5-11(4)7-10(2,3)9-8(11)6-12-13-9/h6,8-9,13H,5,7H2,1-4H3. The molecule has 0 amide bonds. The van der Waals surface area contributed by atoms with Crippen molar-refractivity contribution in [1.82, 2.24) is 5.43 Å². The second-order valence-electron chi connectivity index (χ2n) is 5.58. The summed E-state index contributed by atoms with van der Waals surface area (Å²) in [6.07, 6.45) is 4.69. The number of hydrazone groups is 1. The van der Waals surface area contributed by atoms with Crippen LogP contribution in [0, 0.1) is 16.7 Å². The van der Waals surface area contributed by atoms with Crippen LogP contribution in [0.15, 0.2) is 5.10 Å². The monoisotopic (exact) mass is 180 g/mol. The predicted molar refractivity (Wildman–Crippen MR) is 55.7 cm³/mol. The molecule has 0 radical (unpaired) electrons. The van der Waals surface area contributed by atoms with Crippen LogP contribution in [0.1, 0.15) is 40.5 Å². The van der Waals surface area contributed by atoms with Gasteiger partial charge >= 0.3 is 0 Å². The molecule has 74 valence electrons. The largest absolute Gasteiger partial charge is 0.306 e. The highest BCUT2D eigenvalue weighted by molar-refractivity contribution is 5.66. The molecule has 0 bridgehead atoms. The number of fused-ring (bicyclic) bond motifs is 1. The second-order valence-corrected chi connectivity index (χ2v) is 5.58. The molecular formula is C11H20N2. The molecule has 2 heteroatoms. The number of nitrogens with one attached hydrogen (secondary N) is 1. The second kappa shape index (κ2) is 2.49. The van der Waals surface area contributed by atoms with Crippen molar-refractivity contribution in [2.75, 3.05) is 0 Å². The zero-order valence-corrected chi connectivity index (χ0v) is 9.09. The smallest absolute Gasteiger partial charge is 0.0574 e. The maximum atomic E-state index is 4.23. The lowest BCUT2D eigenvalue weighted by molar-refractivity contribution is 0.249. The molecule has 1 N–H and O–H groups in total. The van der Waals surface area contributed by atoms with Gasteiger partial charge in [0.1, 0.15) is 0 Å². The van der Waals surface area contributed by atoms with Crippen LogP contribution in [0.2, 0.25) is 0 Å². The fourth-order valence-corrected chi connectivity index (χ4v) is 3.24. The number of nitrogens with zero attached hydrogens (tertiary/aromatic N) is 1. The summed E-state index contributed by atoms with van der Waals surface area (Å²) in [5.41, 5.74) is 4.12. The summed E-state index contributed by atoms with van der Waals surface area (Å²) in [6.45, 7) is 9.41. The van der Waals surface area contributed by atoms with Crippen LogP contribution in [-0.4, -0.2) is 12.3 Å². The van der Waals surface area contributed by atoms with Crippen molar-refractivity contribution in [3.05, 3.63) is 0 Å². The Balaban J connectivity index is 2.32. The zero-order valence-electron chi connectivity index (χ0n) is 9.09. The van der Waals surface area contributed by atoms with Gasteiger partial charge in [0.15, 0.2) is 0 Å². The van der Waals surface area contributed by atoms with Gasteiger partial charge in [0.2, 0.25) is 0 Å². The number of hydrogen-bond acceptors (Lipinski definition) is 2. The van der Waals surface area contributed by atoms with E-state index < -0.39 is 0 Å². The molecule has 0 spiro atoms. The van der Waals surface area contributed by atoms with E-state index in [-0.39, 0.29) is 0 Å². The molecule has 0 saturated heterocycles. The summed E-state index contributed by atoms with van der Waals surface area (Å²) in [4.78, 5) is 0. The third-order valence-electron chi connectivity index (χ3n) is 4.12. The van der Waals surface area contributed by atoms with Crippen LogP contribution >= 0.6 is 0 Å². The normalized spacial score (nSPS) is 46.2. The quantitative estimate of drug-likeness (QED) is 0.658. The van der Waals surface area contributed by atoms with E-state index in [1.165, 1.54) is 12.8 Å². The summed E-state index contributed by atoms with van der Waals surface area (Å²) in [6, 6.07) is 0.567. The molecule has 1 fully saturated rings. The minimum absolute atomic E-state index is 0.395. The van der Waals surface area contributed by atoms with Crippen LogP contribution in [0.5, 0.6) is 0 Å². The molecular weight excluding hydrogens is 160 g/mol. The van der Waals surface area contributed by atoms with E-state index in [1.54, 1.807) is 0 Å². The molecule has 1 aliphatic heterocycles. The topological polar surface area (TPSA) is 24.4 Å². The van der Waals surface area contributed by atoms with Crippen LogP contribution in [0.4, 0.5) is 0 Å². The van der Waals surface area contributed by atoms with E-state index in [4.69, 9.17) is 0 Å². The van der Waals surface area contributed by atoms with E-state index in [0.29, 0.717) is 22.8 Å². The number of rotatable bonds is 1. The van der Waals surface area contributed by atoms with Crippen molar-refractivity contribution in [3.8, 4) is 0 Å². The average molecular weight is 180 g/mol. The maximum Gasteiger partial charge on any atom is 0.0574 e. The first-order chi connectivity index (χ1) is 5.99. The van der Waals surface area contributed by atoms with E-state index in [1.807, 2.05) is 0 Å². The van der Waals surface area contributed by atoms with E-state index >= 15 is 0 Å². The molecule has 2 nitrogen and oxygen atoms in total. The van der Waals surface area contributed by atoms with Crippen LogP contribution < -0.4 is 5.43 Å². The first kappa shape index (κ1) is 9.04. The third kappa shape index (κ3) is 1.11. The predicted octanol–water partition coefficient (Wildman–Crippen LogP) is 2.41. The summed E-state index contributed by atoms with van der Waals surface area (Å²) in [7, 11) is 0. The summed E-state index contributed by atoms with van der Waals surface area (Å²) < 4.78 is 0. The van der Waals surface area contributed by atoms with E-state index in [0.717, 1.165) is 0 Å². The molecule has 1 saturated carbocycles. The fraction of sp³-hybridized carbons (Fsp3) is 0.909. The Morgan fingerprint density at radius 3 is 2.77 bits per heavy atom. The number of hydrogen-bond donors (Lipinski definition) is 1. The van der Waals surface area contributed by atoms with E-state index in [2.05, 4.69) is 44.4 Å². The first-order valence-electron chi connectivity index (χ1n) is 5.28. The van der Waals surface area contributed by atoms with Crippen molar-refractivity contribution in [2.24, 2.45) is 21.8 Å². The van der Waals surface area contributed by atoms with Gasteiger partial charge in [-0.2, -0.15) is 5.10 Å². The molecule has 3 unspecified atom stereocenters. The van der Waals surface area contributed by atoms with Gasteiger partial charge in [-0.15, -0.1) is 0 Å². The van der Waals surface area contributed by atoms with E-state index in [9.17, 15) is 0 Å². The highest BCUT2D eigenvalue weighted by atomic mass is 15.3. The fourth-order valence-electron chi connectivity index (χ4n) is 3.24. The Morgan fingerprint density at radius 2 is 2.15 bits per heavy atom. The lowest BCUT2D eigenvalue weighted by Gasteiger charge is -2.27. The molecule has 0 aromatic rings. The molecule has 2 aliphatic rings.